The highest BCUT2D eigenvalue weighted by Crippen LogP contribution is 2.50. The first-order valence-corrected chi connectivity index (χ1v) is 18.7. The van der Waals surface area contributed by atoms with Gasteiger partial charge in [-0.1, -0.05) is 109 Å². The molecule has 0 N–H and O–H groups in total. The van der Waals surface area contributed by atoms with Crippen molar-refractivity contribution in [3.05, 3.63) is 152 Å². The van der Waals surface area contributed by atoms with E-state index in [1.165, 1.54) is 64.6 Å². The van der Waals surface area contributed by atoms with Gasteiger partial charge in [-0.15, -0.1) is 0 Å². The maximum atomic E-state index is 6.61. The van der Waals surface area contributed by atoms with Crippen LogP contribution < -0.4 is 0 Å². The van der Waals surface area contributed by atoms with Gasteiger partial charge in [-0.2, -0.15) is 0 Å². The molecule has 4 heterocycles. The number of hydrogen-bond donors (Lipinski definition) is 0. The summed E-state index contributed by atoms with van der Waals surface area (Å²) >= 11 is 0. The summed E-state index contributed by atoms with van der Waals surface area (Å²) in [5, 5.41) is 18.2. The molecule has 14 aromatic rings. The molecule has 0 aliphatic carbocycles. The Balaban J connectivity index is 1.19. The molecule has 0 amide bonds. The lowest BCUT2D eigenvalue weighted by Crippen LogP contribution is -2.03. The fraction of sp³-hybridized carbons (Fsp3) is 0. The molecule has 14 rings (SSSR count). The van der Waals surface area contributed by atoms with Gasteiger partial charge in [0.1, 0.15) is 28.0 Å². The van der Waals surface area contributed by atoms with Crippen LogP contribution in [0.5, 0.6) is 0 Å². The third kappa shape index (κ3) is 3.40. The van der Waals surface area contributed by atoms with Crippen molar-refractivity contribution >= 4 is 120 Å². The molecule has 10 aromatic carbocycles. The number of aromatic nitrogens is 3. The van der Waals surface area contributed by atoms with Gasteiger partial charge in [0, 0.05) is 37.9 Å². The summed E-state index contributed by atoms with van der Waals surface area (Å²) in [5.74, 6) is 0.598. The van der Waals surface area contributed by atoms with Gasteiger partial charge >= 0.3 is 0 Å². The second-order valence-electron chi connectivity index (χ2n) is 14.8. The summed E-state index contributed by atoms with van der Waals surface area (Å²) in [6.07, 6.45) is 0. The van der Waals surface area contributed by atoms with E-state index in [2.05, 4.69) is 120 Å². The second-order valence-corrected chi connectivity index (χ2v) is 14.8. The normalized spacial score (nSPS) is 12.7. The van der Waals surface area contributed by atoms with Gasteiger partial charge < -0.3 is 8.83 Å². The third-order valence-electron chi connectivity index (χ3n) is 12.1. The Bertz CT molecular complexity index is 3960. The quantitative estimate of drug-likeness (QED) is 0.180. The maximum absolute atomic E-state index is 6.61. The van der Waals surface area contributed by atoms with Crippen LogP contribution in [0, 0.1) is 0 Å². The van der Waals surface area contributed by atoms with Gasteiger partial charge in [0.25, 0.3) is 0 Å². The van der Waals surface area contributed by atoms with Crippen LogP contribution in [0.25, 0.3) is 137 Å². The smallest absolute Gasteiger partial charge is 0.236 e. The van der Waals surface area contributed by atoms with Gasteiger partial charge in [-0.3, -0.25) is 4.57 Å². The van der Waals surface area contributed by atoms with Crippen molar-refractivity contribution in [3.8, 4) is 17.2 Å². The van der Waals surface area contributed by atoms with Crippen LogP contribution in [0.2, 0.25) is 0 Å². The Labute approximate surface area is 310 Å². The zero-order chi connectivity index (χ0) is 35.5. The third-order valence-corrected chi connectivity index (χ3v) is 12.1. The van der Waals surface area contributed by atoms with Crippen LogP contribution in [0.1, 0.15) is 0 Å². The van der Waals surface area contributed by atoms with Crippen molar-refractivity contribution in [2.45, 2.75) is 0 Å². The van der Waals surface area contributed by atoms with Crippen molar-refractivity contribution in [3.63, 3.8) is 0 Å². The highest BCUT2D eigenvalue weighted by molar-refractivity contribution is 6.44. The summed E-state index contributed by atoms with van der Waals surface area (Å²) < 4.78 is 15.3. The fourth-order valence-electron chi connectivity index (χ4n) is 9.85. The molecular weight excluding hydrogens is 675 g/mol. The number of hydrogen-bond acceptors (Lipinski definition) is 4. The van der Waals surface area contributed by atoms with Crippen LogP contribution in [-0.4, -0.2) is 14.5 Å². The maximum Gasteiger partial charge on any atom is 0.236 e. The van der Waals surface area contributed by atoms with E-state index in [9.17, 15) is 0 Å². The van der Waals surface area contributed by atoms with Crippen molar-refractivity contribution in [2.75, 3.05) is 0 Å². The van der Waals surface area contributed by atoms with E-state index in [4.69, 9.17) is 18.8 Å². The number of rotatable bonds is 2. The van der Waals surface area contributed by atoms with Crippen LogP contribution in [0.4, 0.5) is 0 Å². The Morgan fingerprint density at radius 1 is 0.364 bits per heavy atom. The first kappa shape index (κ1) is 28.1. The van der Waals surface area contributed by atoms with Crippen molar-refractivity contribution in [1.82, 2.24) is 14.5 Å². The van der Waals surface area contributed by atoms with Gasteiger partial charge in [0.2, 0.25) is 5.95 Å². The standard InChI is InChI=1S/C50H25N3O2/c1-2-11-28-27(10-1)33-16-9-17-38-44(33)46-39(25-37-30-13-4-3-12-29(30)34-22-23-35(28)45(46)43(34)37)53(38)50-51-47(49-48(52-50)36-15-6-8-19-41(36)55-49)26-20-21-32-31-14-5-7-18-40(31)54-42(32)24-26/h1-25H. The average molecular weight is 700 g/mol. The van der Waals surface area contributed by atoms with Crippen LogP contribution in [-0.2, 0) is 0 Å². The lowest BCUT2D eigenvalue weighted by atomic mass is 9.97. The van der Waals surface area contributed by atoms with Gasteiger partial charge in [0.15, 0.2) is 5.58 Å². The van der Waals surface area contributed by atoms with Crippen molar-refractivity contribution in [1.29, 1.82) is 0 Å². The Hall–Kier alpha value is -7.50. The number of nitrogens with zero attached hydrogens (tertiary/aromatic N) is 3. The Kier molecular flexibility index (Phi) is 4.96. The summed E-state index contributed by atoms with van der Waals surface area (Å²) in [7, 11) is 0. The Morgan fingerprint density at radius 2 is 0.945 bits per heavy atom. The predicted octanol–water partition coefficient (Wildman–Crippen LogP) is 13.7. The monoisotopic (exact) mass is 699 g/mol. The minimum absolute atomic E-state index is 0.598. The van der Waals surface area contributed by atoms with E-state index in [1.807, 2.05) is 36.4 Å². The van der Waals surface area contributed by atoms with Crippen LogP contribution in [0.15, 0.2) is 160 Å². The van der Waals surface area contributed by atoms with E-state index in [0.717, 1.165) is 60.7 Å². The summed E-state index contributed by atoms with van der Waals surface area (Å²) in [5.41, 5.74) is 7.66. The SMILES string of the molecule is c1ccc2c(c1)oc1cc(-c3nc(-n4c5cccc6c7ccccc7c7ccc8c9ccccc9c9cc4c(c7c89)c65)nc4c3oc3ccccc34)ccc12. The lowest BCUT2D eigenvalue weighted by molar-refractivity contribution is 0.666. The molecule has 0 atom stereocenters. The second kappa shape index (κ2) is 9.72. The summed E-state index contributed by atoms with van der Waals surface area (Å²) in [4.78, 5) is 10.9. The van der Waals surface area contributed by atoms with E-state index < -0.39 is 0 Å². The molecule has 0 saturated heterocycles. The molecule has 0 spiro atoms. The Morgan fingerprint density at radius 3 is 1.71 bits per heavy atom. The van der Waals surface area contributed by atoms with Crippen molar-refractivity contribution < 1.29 is 8.83 Å². The first-order valence-electron chi connectivity index (χ1n) is 18.7. The first-order chi connectivity index (χ1) is 27.3. The minimum atomic E-state index is 0.598. The van der Waals surface area contributed by atoms with E-state index in [1.54, 1.807) is 0 Å². The minimum Gasteiger partial charge on any atom is -0.456 e. The van der Waals surface area contributed by atoms with Crippen molar-refractivity contribution in [2.24, 2.45) is 0 Å². The molecule has 252 valence electrons. The van der Waals surface area contributed by atoms with Gasteiger partial charge in [0.05, 0.1) is 11.0 Å². The molecule has 0 aliphatic heterocycles. The lowest BCUT2D eigenvalue weighted by Gasteiger charge is -2.11. The molecule has 0 bridgehead atoms. The zero-order valence-corrected chi connectivity index (χ0v) is 29.1. The molecule has 5 nitrogen and oxygen atoms in total. The van der Waals surface area contributed by atoms with Crippen LogP contribution in [0.3, 0.4) is 0 Å². The largest absolute Gasteiger partial charge is 0.456 e. The summed E-state index contributed by atoms with van der Waals surface area (Å²) in [6.45, 7) is 0. The molecule has 0 saturated carbocycles. The molecule has 0 fully saturated rings. The van der Waals surface area contributed by atoms with E-state index >= 15 is 0 Å². The predicted molar refractivity (Wildman–Crippen MR) is 226 cm³/mol. The summed E-state index contributed by atoms with van der Waals surface area (Å²) in [6, 6.07) is 54.0. The van der Waals surface area contributed by atoms with E-state index in [0.29, 0.717) is 11.5 Å². The van der Waals surface area contributed by atoms with Gasteiger partial charge in [-0.25, -0.2) is 9.97 Å². The topological polar surface area (TPSA) is 57.0 Å². The number of benzene rings is 8. The van der Waals surface area contributed by atoms with E-state index in [-0.39, 0.29) is 0 Å². The number of furan rings is 2. The average Bonchev–Trinajstić information content (AvgIpc) is 3.97. The zero-order valence-electron chi connectivity index (χ0n) is 29.1. The molecule has 0 radical (unpaired) electrons. The highest BCUT2D eigenvalue weighted by Gasteiger charge is 2.27. The molecular formula is C50H25N3O2. The highest BCUT2D eigenvalue weighted by atomic mass is 16.3. The molecule has 4 aromatic heterocycles. The van der Waals surface area contributed by atoms with Crippen LogP contribution >= 0.6 is 0 Å². The molecule has 0 aliphatic rings. The molecule has 55 heavy (non-hydrogen) atoms. The molecule has 0 unspecified atom stereocenters. The fourth-order valence-corrected chi connectivity index (χ4v) is 9.85. The van der Waals surface area contributed by atoms with Gasteiger partial charge in [-0.05, 0) is 90.9 Å². The molecule has 5 heteroatoms. The number of para-hydroxylation sites is 2. The number of fused-ring (bicyclic) bond motifs is 12.